The highest BCUT2D eigenvalue weighted by atomic mass is 16.2. The normalized spacial score (nSPS) is 27.5. The molecule has 2 amide bonds. The number of piperazine rings is 1. The quantitative estimate of drug-likeness (QED) is 0.768. The molecule has 26 heavy (non-hydrogen) atoms. The Morgan fingerprint density at radius 3 is 2.27 bits per heavy atom. The molecule has 2 saturated heterocycles. The molecule has 1 spiro atoms. The monoisotopic (exact) mass is 364 g/mol. The molecule has 1 saturated carbocycles. The fraction of sp³-hybridized carbons (Fsp3) is 0.952. The van der Waals surface area contributed by atoms with E-state index in [1.165, 1.54) is 32.5 Å². The first-order chi connectivity index (χ1) is 12.2. The number of urea groups is 1. The van der Waals surface area contributed by atoms with Crippen molar-refractivity contribution < 1.29 is 4.79 Å². The molecule has 3 rings (SSSR count). The van der Waals surface area contributed by atoms with Crippen molar-refractivity contribution in [3.63, 3.8) is 0 Å². The molecule has 0 N–H and O–H groups in total. The first-order valence-electron chi connectivity index (χ1n) is 10.8. The van der Waals surface area contributed by atoms with Crippen molar-refractivity contribution in [2.24, 2.45) is 5.92 Å². The summed E-state index contributed by atoms with van der Waals surface area (Å²) in [5.74, 6) is 0.927. The number of nitrogens with zero attached hydrogens (tertiary/aromatic N) is 4. The van der Waals surface area contributed by atoms with Crippen molar-refractivity contribution in [2.45, 2.75) is 84.0 Å². The fourth-order valence-corrected chi connectivity index (χ4v) is 4.82. The Morgan fingerprint density at radius 1 is 1.15 bits per heavy atom. The van der Waals surface area contributed by atoms with Crippen LogP contribution in [0, 0.1) is 5.92 Å². The van der Waals surface area contributed by atoms with Gasteiger partial charge in [0.05, 0.1) is 0 Å². The fourth-order valence-electron chi connectivity index (χ4n) is 4.82. The molecule has 1 aliphatic carbocycles. The number of rotatable bonds is 4. The SMILES string of the molecule is CC(C)N(C)C(=O)N1CCC2(CC1)CN(C(C)C)C(C)CN2CC1CC1. The second-order valence-electron chi connectivity index (χ2n) is 9.66. The highest BCUT2D eigenvalue weighted by molar-refractivity contribution is 5.74. The molecule has 3 aliphatic rings. The summed E-state index contributed by atoms with van der Waals surface area (Å²) >= 11 is 0. The molecule has 5 nitrogen and oxygen atoms in total. The Kier molecular flexibility index (Phi) is 5.88. The zero-order valence-corrected chi connectivity index (χ0v) is 17.9. The molecule has 1 unspecified atom stereocenters. The predicted molar refractivity (Wildman–Crippen MR) is 107 cm³/mol. The Morgan fingerprint density at radius 2 is 1.77 bits per heavy atom. The predicted octanol–water partition coefficient (Wildman–Crippen LogP) is 3.11. The van der Waals surface area contributed by atoms with Gasteiger partial charge in [0.15, 0.2) is 0 Å². The van der Waals surface area contributed by atoms with E-state index in [2.05, 4.69) is 49.3 Å². The van der Waals surface area contributed by atoms with Crippen LogP contribution in [0.15, 0.2) is 0 Å². The summed E-state index contributed by atoms with van der Waals surface area (Å²) in [4.78, 5) is 22.2. The van der Waals surface area contributed by atoms with E-state index >= 15 is 0 Å². The Hall–Kier alpha value is -0.810. The second-order valence-corrected chi connectivity index (χ2v) is 9.66. The third-order valence-electron chi connectivity index (χ3n) is 7.08. The van der Waals surface area contributed by atoms with Gasteiger partial charge in [0, 0.05) is 63.4 Å². The van der Waals surface area contributed by atoms with Gasteiger partial charge in [-0.25, -0.2) is 4.79 Å². The van der Waals surface area contributed by atoms with Crippen molar-refractivity contribution in [3.05, 3.63) is 0 Å². The van der Waals surface area contributed by atoms with Gasteiger partial charge in [-0.3, -0.25) is 9.80 Å². The molecule has 5 heteroatoms. The second kappa shape index (κ2) is 7.67. The minimum absolute atomic E-state index is 0.202. The van der Waals surface area contributed by atoms with Gasteiger partial charge in [-0.2, -0.15) is 0 Å². The minimum atomic E-state index is 0.202. The summed E-state index contributed by atoms with van der Waals surface area (Å²) in [6, 6.07) is 1.69. The van der Waals surface area contributed by atoms with E-state index in [1.54, 1.807) is 0 Å². The molecule has 0 aromatic carbocycles. The van der Waals surface area contributed by atoms with Crippen molar-refractivity contribution in [1.82, 2.24) is 19.6 Å². The van der Waals surface area contributed by atoms with Gasteiger partial charge in [-0.05, 0) is 66.2 Å². The van der Waals surface area contributed by atoms with Crippen molar-refractivity contribution in [1.29, 1.82) is 0 Å². The molecule has 150 valence electrons. The van der Waals surface area contributed by atoms with E-state index in [1.807, 2.05) is 11.9 Å². The Balaban J connectivity index is 1.70. The van der Waals surface area contributed by atoms with Crippen LogP contribution in [0.3, 0.4) is 0 Å². The highest BCUT2D eigenvalue weighted by Crippen LogP contribution is 2.39. The summed E-state index contributed by atoms with van der Waals surface area (Å²) in [6.45, 7) is 16.7. The smallest absolute Gasteiger partial charge is 0.319 e. The molecule has 0 bridgehead atoms. The van der Waals surface area contributed by atoms with Crippen molar-refractivity contribution in [2.75, 3.05) is 39.8 Å². The van der Waals surface area contributed by atoms with E-state index in [-0.39, 0.29) is 17.6 Å². The van der Waals surface area contributed by atoms with Crippen LogP contribution in [0.25, 0.3) is 0 Å². The summed E-state index contributed by atoms with van der Waals surface area (Å²) in [6.07, 6.45) is 5.07. The van der Waals surface area contributed by atoms with Crippen molar-refractivity contribution in [3.8, 4) is 0 Å². The third-order valence-corrected chi connectivity index (χ3v) is 7.08. The standard InChI is InChI=1S/C21H40N4O/c1-16(2)22(6)20(26)23-11-9-21(10-12-23)15-25(17(3)4)18(5)13-24(21)14-19-7-8-19/h16-19H,7-15H2,1-6H3. The Bertz CT molecular complexity index is 494. The van der Waals surface area contributed by atoms with Crippen LogP contribution in [-0.2, 0) is 0 Å². The average molecular weight is 365 g/mol. The summed E-state index contributed by atoms with van der Waals surface area (Å²) < 4.78 is 0. The molecular formula is C21H40N4O. The van der Waals surface area contributed by atoms with Crippen LogP contribution in [0.2, 0.25) is 0 Å². The van der Waals surface area contributed by atoms with Gasteiger partial charge >= 0.3 is 6.03 Å². The van der Waals surface area contributed by atoms with Gasteiger partial charge < -0.3 is 9.80 Å². The summed E-state index contributed by atoms with van der Waals surface area (Å²) in [5.41, 5.74) is 0.270. The Labute approximate surface area is 160 Å². The summed E-state index contributed by atoms with van der Waals surface area (Å²) in [5, 5.41) is 0. The number of carbonyl (C=O) groups excluding carboxylic acids is 1. The molecule has 2 aliphatic heterocycles. The van der Waals surface area contributed by atoms with Crippen LogP contribution in [0.5, 0.6) is 0 Å². The molecular weight excluding hydrogens is 324 g/mol. The maximum absolute atomic E-state index is 12.7. The van der Waals surface area contributed by atoms with Crippen LogP contribution < -0.4 is 0 Å². The first-order valence-corrected chi connectivity index (χ1v) is 10.8. The lowest BCUT2D eigenvalue weighted by atomic mass is 9.81. The molecule has 0 radical (unpaired) electrons. The largest absolute Gasteiger partial charge is 0.325 e. The highest BCUT2D eigenvalue weighted by Gasteiger charge is 2.48. The zero-order chi connectivity index (χ0) is 19.1. The zero-order valence-electron chi connectivity index (χ0n) is 17.9. The van der Waals surface area contributed by atoms with E-state index in [9.17, 15) is 4.79 Å². The lowest BCUT2D eigenvalue weighted by Gasteiger charge is -2.57. The van der Waals surface area contributed by atoms with E-state index in [0.29, 0.717) is 12.1 Å². The number of hydrogen-bond acceptors (Lipinski definition) is 3. The topological polar surface area (TPSA) is 30.0 Å². The van der Waals surface area contributed by atoms with E-state index in [0.717, 1.165) is 31.8 Å². The van der Waals surface area contributed by atoms with Gasteiger partial charge in [0.25, 0.3) is 0 Å². The molecule has 0 aromatic heterocycles. The van der Waals surface area contributed by atoms with Gasteiger partial charge in [-0.15, -0.1) is 0 Å². The van der Waals surface area contributed by atoms with Crippen molar-refractivity contribution >= 4 is 6.03 Å². The van der Waals surface area contributed by atoms with Crippen LogP contribution in [0.1, 0.15) is 60.3 Å². The lowest BCUT2D eigenvalue weighted by Crippen LogP contribution is -2.69. The van der Waals surface area contributed by atoms with Gasteiger partial charge in [0.1, 0.15) is 0 Å². The maximum Gasteiger partial charge on any atom is 0.319 e. The van der Waals surface area contributed by atoms with Gasteiger partial charge in [-0.1, -0.05) is 0 Å². The third kappa shape index (κ3) is 4.04. The number of hydrogen-bond donors (Lipinski definition) is 0. The molecule has 0 aromatic rings. The minimum Gasteiger partial charge on any atom is -0.325 e. The number of carbonyl (C=O) groups is 1. The first kappa shape index (κ1) is 19.9. The van der Waals surface area contributed by atoms with Crippen LogP contribution in [0.4, 0.5) is 4.79 Å². The molecule has 3 fully saturated rings. The maximum atomic E-state index is 12.7. The van der Waals surface area contributed by atoms with E-state index < -0.39 is 0 Å². The lowest BCUT2D eigenvalue weighted by molar-refractivity contribution is -0.0718. The van der Waals surface area contributed by atoms with Crippen LogP contribution >= 0.6 is 0 Å². The molecule has 1 atom stereocenters. The average Bonchev–Trinajstić information content (AvgIpc) is 3.41. The van der Waals surface area contributed by atoms with Gasteiger partial charge in [0.2, 0.25) is 0 Å². The summed E-state index contributed by atoms with van der Waals surface area (Å²) in [7, 11) is 1.93. The van der Waals surface area contributed by atoms with E-state index in [4.69, 9.17) is 0 Å². The molecule has 2 heterocycles. The number of amides is 2. The number of piperidine rings is 1. The number of likely N-dealkylation sites (tertiary alicyclic amines) is 1. The van der Waals surface area contributed by atoms with Crippen LogP contribution in [-0.4, -0.2) is 89.1 Å².